The van der Waals surface area contributed by atoms with Crippen LogP contribution in [0.4, 0.5) is 0 Å². The molecule has 0 amide bonds. The summed E-state index contributed by atoms with van der Waals surface area (Å²) in [6.07, 6.45) is 10.6. The average molecular weight is 378 g/mol. The predicted molar refractivity (Wildman–Crippen MR) is 109 cm³/mol. The second kappa shape index (κ2) is 7.36. The fraction of sp³-hybridized carbons (Fsp3) is 0.368. The minimum Gasteiger partial charge on any atom is -0.360 e. The van der Waals surface area contributed by atoms with Crippen LogP contribution in [0.3, 0.4) is 0 Å². The molecule has 0 aromatic carbocycles. The molecule has 0 radical (unpaired) electrons. The fourth-order valence-electron chi connectivity index (χ4n) is 2.68. The molecule has 0 fully saturated rings. The largest absolute Gasteiger partial charge is 0.360 e. The first-order valence-electron chi connectivity index (χ1n) is 8.15. The molecule has 25 heavy (non-hydrogen) atoms. The monoisotopic (exact) mass is 377 g/mol. The van der Waals surface area contributed by atoms with Gasteiger partial charge >= 0.3 is 0 Å². The molecule has 0 saturated heterocycles. The van der Waals surface area contributed by atoms with Gasteiger partial charge in [0.25, 0.3) is 0 Å². The van der Waals surface area contributed by atoms with Crippen LogP contribution in [-0.4, -0.2) is 45.7 Å². The van der Waals surface area contributed by atoms with E-state index in [-0.39, 0.29) is 0 Å². The Morgan fingerprint density at radius 2 is 1.96 bits per heavy atom. The van der Waals surface area contributed by atoms with E-state index in [1.165, 1.54) is 0 Å². The van der Waals surface area contributed by atoms with Gasteiger partial charge < -0.3 is 9.30 Å². The number of pyridine rings is 2. The van der Waals surface area contributed by atoms with Crippen LogP contribution in [0.25, 0.3) is 22.2 Å². The molecular weight excluding hydrogens is 354 g/mol. The van der Waals surface area contributed by atoms with Crippen LogP contribution < -0.4 is 0 Å². The van der Waals surface area contributed by atoms with Crippen LogP contribution in [0.5, 0.6) is 0 Å². The second-order valence-electron chi connectivity index (χ2n) is 7.04. The Morgan fingerprint density at radius 3 is 2.68 bits per heavy atom. The van der Waals surface area contributed by atoms with E-state index in [0.717, 1.165) is 40.2 Å². The van der Waals surface area contributed by atoms with E-state index in [0.29, 0.717) is 11.9 Å². The van der Waals surface area contributed by atoms with E-state index in [2.05, 4.69) is 45.4 Å². The molecule has 0 aliphatic rings. The highest BCUT2D eigenvalue weighted by molar-refractivity contribution is 8.32. The van der Waals surface area contributed by atoms with Crippen LogP contribution in [0.15, 0.2) is 36.7 Å². The SMILES string of the molecule is Cc1cc(-c2cc3cnc(Cl)cc3n2COCCS(C)(C)C)ccn1. The zero-order valence-corrected chi connectivity index (χ0v) is 16.7. The third-order valence-corrected chi connectivity index (χ3v) is 5.60. The molecular formula is C19H24ClN3OS. The molecule has 0 atom stereocenters. The number of rotatable bonds is 6. The summed E-state index contributed by atoms with van der Waals surface area (Å²) in [4.78, 5) is 8.50. The molecule has 6 heteroatoms. The highest BCUT2D eigenvalue weighted by Gasteiger charge is 2.13. The maximum absolute atomic E-state index is 6.12. The first kappa shape index (κ1) is 18.2. The van der Waals surface area contributed by atoms with Gasteiger partial charge in [0.15, 0.2) is 0 Å². The van der Waals surface area contributed by atoms with Crippen LogP contribution >= 0.6 is 21.6 Å². The maximum atomic E-state index is 6.12. The molecule has 134 valence electrons. The van der Waals surface area contributed by atoms with Gasteiger partial charge in [-0.25, -0.2) is 15.0 Å². The minimum atomic E-state index is -0.556. The zero-order chi connectivity index (χ0) is 18.0. The molecule has 0 aliphatic carbocycles. The number of aromatic nitrogens is 3. The number of aryl methyl sites for hydroxylation is 1. The van der Waals surface area contributed by atoms with Gasteiger partial charge in [0, 0.05) is 34.8 Å². The number of fused-ring (bicyclic) bond motifs is 1. The van der Waals surface area contributed by atoms with Crippen molar-refractivity contribution in [2.75, 3.05) is 31.1 Å². The first-order valence-corrected chi connectivity index (χ1v) is 11.6. The Balaban J connectivity index is 1.95. The van der Waals surface area contributed by atoms with Crippen molar-refractivity contribution >= 4 is 32.5 Å². The Hall–Kier alpha value is -1.56. The van der Waals surface area contributed by atoms with Gasteiger partial charge in [0.05, 0.1) is 17.8 Å². The summed E-state index contributed by atoms with van der Waals surface area (Å²) in [6.45, 7) is 3.25. The lowest BCUT2D eigenvalue weighted by Crippen LogP contribution is -2.10. The van der Waals surface area contributed by atoms with Crippen molar-refractivity contribution in [1.29, 1.82) is 0 Å². The lowest BCUT2D eigenvalue weighted by Gasteiger charge is -2.24. The van der Waals surface area contributed by atoms with Crippen molar-refractivity contribution in [2.45, 2.75) is 13.7 Å². The number of hydrogen-bond donors (Lipinski definition) is 0. The number of halogens is 1. The Morgan fingerprint density at radius 1 is 1.16 bits per heavy atom. The second-order valence-corrected chi connectivity index (χ2v) is 12.0. The normalized spacial score (nSPS) is 12.7. The summed E-state index contributed by atoms with van der Waals surface area (Å²) in [7, 11) is -0.556. The topological polar surface area (TPSA) is 39.9 Å². The minimum absolute atomic E-state index is 0.489. The lowest BCUT2D eigenvalue weighted by atomic mass is 10.1. The molecule has 0 saturated carbocycles. The maximum Gasteiger partial charge on any atom is 0.131 e. The van der Waals surface area contributed by atoms with Crippen LogP contribution in [0.1, 0.15) is 5.69 Å². The summed E-state index contributed by atoms with van der Waals surface area (Å²) in [5, 5.41) is 1.54. The van der Waals surface area contributed by atoms with E-state index in [1.54, 1.807) is 0 Å². The third kappa shape index (κ3) is 4.54. The molecule has 0 aliphatic heterocycles. The van der Waals surface area contributed by atoms with E-state index in [9.17, 15) is 0 Å². The number of ether oxygens (including phenoxy) is 1. The lowest BCUT2D eigenvalue weighted by molar-refractivity contribution is 0.0938. The van der Waals surface area contributed by atoms with Crippen LogP contribution in [-0.2, 0) is 11.5 Å². The van der Waals surface area contributed by atoms with E-state index >= 15 is 0 Å². The standard InChI is InChI=1S/C19H24ClN3OS/c1-14-9-15(5-6-21-14)17-10-16-12-22-19(20)11-18(16)23(17)13-24-7-8-25(2,3)4/h5-6,9-12H,7-8,13H2,1-4H3. The highest BCUT2D eigenvalue weighted by Crippen LogP contribution is 2.34. The average Bonchev–Trinajstić information content (AvgIpc) is 2.88. The van der Waals surface area contributed by atoms with Crippen LogP contribution in [0, 0.1) is 6.92 Å². The smallest absolute Gasteiger partial charge is 0.131 e. The molecule has 3 aromatic heterocycles. The number of nitrogens with zero attached hydrogens (tertiary/aromatic N) is 3. The number of hydrogen-bond acceptors (Lipinski definition) is 3. The molecule has 3 rings (SSSR count). The van der Waals surface area contributed by atoms with Crippen molar-refractivity contribution in [3.63, 3.8) is 0 Å². The fourth-order valence-corrected chi connectivity index (χ4v) is 3.45. The van der Waals surface area contributed by atoms with Crippen LogP contribution in [0.2, 0.25) is 5.15 Å². The van der Waals surface area contributed by atoms with Gasteiger partial charge in [-0.1, -0.05) is 11.6 Å². The molecule has 3 aromatic rings. The van der Waals surface area contributed by atoms with E-state index in [1.807, 2.05) is 31.5 Å². The third-order valence-electron chi connectivity index (χ3n) is 4.01. The van der Waals surface area contributed by atoms with Crippen molar-refractivity contribution in [2.24, 2.45) is 0 Å². The summed E-state index contributed by atoms with van der Waals surface area (Å²) in [5.74, 6) is 1.10. The van der Waals surface area contributed by atoms with Crippen molar-refractivity contribution in [3.05, 3.63) is 47.5 Å². The quantitative estimate of drug-likeness (QED) is 0.460. The van der Waals surface area contributed by atoms with Crippen molar-refractivity contribution < 1.29 is 4.74 Å². The van der Waals surface area contributed by atoms with Gasteiger partial charge in [0.2, 0.25) is 0 Å². The van der Waals surface area contributed by atoms with E-state index in [4.69, 9.17) is 16.3 Å². The summed E-state index contributed by atoms with van der Waals surface area (Å²) in [6, 6.07) is 8.13. The van der Waals surface area contributed by atoms with Crippen molar-refractivity contribution in [1.82, 2.24) is 14.5 Å². The van der Waals surface area contributed by atoms with Gasteiger partial charge in [0.1, 0.15) is 11.9 Å². The summed E-state index contributed by atoms with van der Waals surface area (Å²) >= 11 is 6.12. The molecule has 0 unspecified atom stereocenters. The van der Waals surface area contributed by atoms with Gasteiger partial charge in [-0.05, 0) is 50.0 Å². The Kier molecular flexibility index (Phi) is 5.37. The summed E-state index contributed by atoms with van der Waals surface area (Å²) < 4.78 is 8.16. The molecule has 0 bridgehead atoms. The van der Waals surface area contributed by atoms with Crippen molar-refractivity contribution in [3.8, 4) is 11.3 Å². The van der Waals surface area contributed by atoms with E-state index < -0.39 is 10.0 Å². The predicted octanol–water partition coefficient (Wildman–Crippen LogP) is 4.73. The zero-order valence-electron chi connectivity index (χ0n) is 15.1. The van der Waals surface area contributed by atoms with Gasteiger partial charge in [-0.3, -0.25) is 4.98 Å². The molecule has 0 spiro atoms. The summed E-state index contributed by atoms with van der Waals surface area (Å²) in [5.41, 5.74) is 4.23. The molecule has 0 N–H and O–H groups in total. The molecule has 3 heterocycles. The van der Waals surface area contributed by atoms with Gasteiger partial charge in [-0.2, -0.15) is 0 Å². The van der Waals surface area contributed by atoms with Gasteiger partial charge in [-0.15, -0.1) is 0 Å². The Bertz CT molecular complexity index is 886. The molecule has 4 nitrogen and oxygen atoms in total. The Labute approximate surface area is 155 Å². The highest BCUT2D eigenvalue weighted by atomic mass is 35.5. The first-order chi connectivity index (χ1) is 11.8.